The third-order valence-corrected chi connectivity index (χ3v) is 1.35. The summed E-state index contributed by atoms with van der Waals surface area (Å²) in [6.45, 7) is 2.51. The first-order valence-corrected chi connectivity index (χ1v) is 4.07. The number of nitrogens with zero attached hydrogens (tertiary/aromatic N) is 1. The lowest BCUT2D eigenvalue weighted by Gasteiger charge is -1.86. The van der Waals surface area contributed by atoms with Gasteiger partial charge in [-0.3, -0.25) is 0 Å². The second-order valence-electron chi connectivity index (χ2n) is 1.78. The predicted molar refractivity (Wildman–Crippen MR) is 35.7 cm³/mol. The lowest BCUT2D eigenvalue weighted by atomic mass is 10.3. The standard InChI is InChI=1S/C5H11NO2S/c1-2-3-4-5-6-9(7)8/h2-5H2,1H3. The van der Waals surface area contributed by atoms with Crippen molar-refractivity contribution in [1.29, 1.82) is 0 Å². The Morgan fingerprint density at radius 1 is 1.33 bits per heavy atom. The average molecular weight is 149 g/mol. The van der Waals surface area contributed by atoms with E-state index in [-0.39, 0.29) is 0 Å². The highest BCUT2D eigenvalue weighted by Gasteiger charge is 1.81. The Hall–Kier alpha value is -0.380. The van der Waals surface area contributed by atoms with Gasteiger partial charge in [-0.1, -0.05) is 19.8 Å². The molecule has 0 aliphatic heterocycles. The molecule has 0 aliphatic rings. The maximum atomic E-state index is 9.80. The van der Waals surface area contributed by atoms with Crippen molar-refractivity contribution >= 4 is 10.5 Å². The van der Waals surface area contributed by atoms with Crippen molar-refractivity contribution in [2.24, 2.45) is 4.36 Å². The maximum Gasteiger partial charge on any atom is 0.311 e. The minimum Gasteiger partial charge on any atom is -0.172 e. The fourth-order valence-electron chi connectivity index (χ4n) is 0.501. The monoisotopic (exact) mass is 149 g/mol. The summed E-state index contributed by atoms with van der Waals surface area (Å²) in [5.74, 6) is 0. The fourth-order valence-corrected chi connectivity index (χ4v) is 0.779. The normalized spacial score (nSPS) is 9.00. The Kier molecular flexibility index (Phi) is 5.51. The van der Waals surface area contributed by atoms with Crippen molar-refractivity contribution in [1.82, 2.24) is 0 Å². The van der Waals surface area contributed by atoms with Crippen molar-refractivity contribution < 1.29 is 8.42 Å². The molecule has 0 rings (SSSR count). The number of unbranched alkanes of at least 4 members (excludes halogenated alkanes) is 2. The Bertz CT molecular complexity index is 163. The Labute approximate surface area is 56.8 Å². The SMILES string of the molecule is CCCCCN=S(=O)=O. The average Bonchev–Trinajstić information content (AvgIpc) is 1.80. The molecule has 0 aromatic rings. The van der Waals surface area contributed by atoms with Gasteiger partial charge in [-0.25, -0.2) is 0 Å². The van der Waals surface area contributed by atoms with Gasteiger partial charge in [-0.2, -0.15) is 12.8 Å². The largest absolute Gasteiger partial charge is 0.311 e. The smallest absolute Gasteiger partial charge is 0.172 e. The Morgan fingerprint density at radius 3 is 2.44 bits per heavy atom. The highest BCUT2D eigenvalue weighted by molar-refractivity contribution is 7.61. The van der Waals surface area contributed by atoms with Gasteiger partial charge in [-0.15, -0.1) is 0 Å². The van der Waals surface area contributed by atoms with Crippen molar-refractivity contribution in [3.05, 3.63) is 0 Å². The predicted octanol–water partition coefficient (Wildman–Crippen LogP) is 1.24. The molecule has 0 spiro atoms. The van der Waals surface area contributed by atoms with E-state index in [2.05, 4.69) is 11.3 Å². The van der Waals surface area contributed by atoms with Crippen LogP contribution in [0.5, 0.6) is 0 Å². The number of hydrogen-bond acceptors (Lipinski definition) is 3. The molecule has 9 heavy (non-hydrogen) atoms. The third kappa shape index (κ3) is 7.62. The van der Waals surface area contributed by atoms with Crippen LogP contribution in [0.1, 0.15) is 26.2 Å². The van der Waals surface area contributed by atoms with Crippen molar-refractivity contribution in [2.45, 2.75) is 26.2 Å². The summed E-state index contributed by atoms with van der Waals surface area (Å²) in [6.07, 6.45) is 3.03. The summed E-state index contributed by atoms with van der Waals surface area (Å²) in [5, 5.41) is 0. The van der Waals surface area contributed by atoms with E-state index in [4.69, 9.17) is 0 Å². The summed E-state index contributed by atoms with van der Waals surface area (Å²) in [7, 11) is -2.19. The van der Waals surface area contributed by atoms with Gasteiger partial charge in [0.15, 0.2) is 0 Å². The van der Waals surface area contributed by atoms with Crippen LogP contribution in [0, 0.1) is 0 Å². The van der Waals surface area contributed by atoms with Crippen molar-refractivity contribution in [2.75, 3.05) is 6.54 Å². The minimum atomic E-state index is -2.19. The molecule has 0 heterocycles. The van der Waals surface area contributed by atoms with Crippen LogP contribution in [0.15, 0.2) is 4.36 Å². The topological polar surface area (TPSA) is 46.5 Å². The molecule has 3 nitrogen and oxygen atoms in total. The Balaban J connectivity index is 3.20. The number of rotatable bonds is 4. The molecule has 0 aromatic heterocycles. The zero-order valence-corrected chi connectivity index (χ0v) is 6.32. The van der Waals surface area contributed by atoms with Gasteiger partial charge in [0, 0.05) is 0 Å². The molecule has 0 amide bonds. The zero-order valence-electron chi connectivity index (χ0n) is 5.50. The number of hydrogen-bond donors (Lipinski definition) is 0. The molecule has 0 saturated carbocycles. The van der Waals surface area contributed by atoms with Gasteiger partial charge >= 0.3 is 10.5 Å². The molecule has 0 N–H and O–H groups in total. The van der Waals surface area contributed by atoms with Gasteiger partial charge in [-0.05, 0) is 6.42 Å². The summed E-state index contributed by atoms with van der Waals surface area (Å²) >= 11 is 0. The van der Waals surface area contributed by atoms with E-state index in [9.17, 15) is 8.42 Å². The third-order valence-electron chi connectivity index (χ3n) is 0.958. The van der Waals surface area contributed by atoms with Crippen molar-refractivity contribution in [3.8, 4) is 0 Å². The molecule has 0 bridgehead atoms. The molecule has 0 atom stereocenters. The fraction of sp³-hybridized carbons (Fsp3) is 1.00. The van der Waals surface area contributed by atoms with Crippen LogP contribution in [0.25, 0.3) is 0 Å². The van der Waals surface area contributed by atoms with Crippen LogP contribution >= 0.6 is 0 Å². The van der Waals surface area contributed by atoms with E-state index in [0.29, 0.717) is 6.54 Å². The minimum absolute atomic E-state index is 0.448. The molecule has 4 heteroatoms. The molecule has 0 radical (unpaired) electrons. The molecular weight excluding hydrogens is 138 g/mol. The molecule has 0 saturated heterocycles. The van der Waals surface area contributed by atoms with Crippen LogP contribution in [-0.4, -0.2) is 15.0 Å². The van der Waals surface area contributed by atoms with Gasteiger partial charge in [0.2, 0.25) is 0 Å². The van der Waals surface area contributed by atoms with Gasteiger partial charge < -0.3 is 0 Å². The summed E-state index contributed by atoms with van der Waals surface area (Å²) in [5.41, 5.74) is 0. The molecular formula is C5H11NO2S. The van der Waals surface area contributed by atoms with E-state index >= 15 is 0 Å². The first-order valence-electron chi connectivity index (χ1n) is 3.04. The Morgan fingerprint density at radius 2 is 2.00 bits per heavy atom. The van der Waals surface area contributed by atoms with Crippen LogP contribution in [-0.2, 0) is 10.5 Å². The maximum absolute atomic E-state index is 9.80. The molecule has 0 aliphatic carbocycles. The van der Waals surface area contributed by atoms with E-state index in [1.165, 1.54) is 0 Å². The summed E-state index contributed by atoms with van der Waals surface area (Å²) in [6, 6.07) is 0. The molecule has 54 valence electrons. The lowest BCUT2D eigenvalue weighted by Crippen LogP contribution is -1.78. The summed E-state index contributed by atoms with van der Waals surface area (Å²) < 4.78 is 22.9. The lowest BCUT2D eigenvalue weighted by molar-refractivity contribution is 0.618. The van der Waals surface area contributed by atoms with E-state index < -0.39 is 10.5 Å². The van der Waals surface area contributed by atoms with Gasteiger partial charge in [0.25, 0.3) is 0 Å². The highest BCUT2D eigenvalue weighted by Crippen LogP contribution is 1.92. The van der Waals surface area contributed by atoms with Gasteiger partial charge in [0.05, 0.1) is 6.54 Å². The molecule has 0 fully saturated rings. The van der Waals surface area contributed by atoms with Gasteiger partial charge in [0.1, 0.15) is 0 Å². The first-order chi connectivity index (χ1) is 4.27. The second-order valence-corrected chi connectivity index (χ2v) is 2.47. The van der Waals surface area contributed by atoms with E-state index in [1.54, 1.807) is 0 Å². The zero-order chi connectivity index (χ0) is 7.11. The van der Waals surface area contributed by atoms with E-state index in [0.717, 1.165) is 19.3 Å². The highest BCUT2D eigenvalue weighted by atomic mass is 32.2. The van der Waals surface area contributed by atoms with Crippen LogP contribution in [0.3, 0.4) is 0 Å². The second kappa shape index (κ2) is 5.75. The van der Waals surface area contributed by atoms with Crippen LogP contribution < -0.4 is 0 Å². The molecule has 0 unspecified atom stereocenters. The quantitative estimate of drug-likeness (QED) is 0.564. The van der Waals surface area contributed by atoms with Crippen LogP contribution in [0.4, 0.5) is 0 Å². The van der Waals surface area contributed by atoms with Crippen molar-refractivity contribution in [3.63, 3.8) is 0 Å². The van der Waals surface area contributed by atoms with E-state index in [1.807, 2.05) is 0 Å². The molecule has 0 aromatic carbocycles. The first kappa shape index (κ1) is 8.62. The summed E-state index contributed by atoms with van der Waals surface area (Å²) in [4.78, 5) is 0. The van der Waals surface area contributed by atoms with Crippen LogP contribution in [0.2, 0.25) is 0 Å².